The third-order valence-corrected chi connectivity index (χ3v) is 5.09. The van der Waals surface area contributed by atoms with Gasteiger partial charge in [-0.2, -0.15) is 0 Å². The van der Waals surface area contributed by atoms with Crippen LogP contribution in [0.5, 0.6) is 5.75 Å². The van der Waals surface area contributed by atoms with E-state index in [2.05, 4.69) is 20.3 Å². The monoisotopic (exact) mass is 402 g/mol. The summed E-state index contributed by atoms with van der Waals surface area (Å²) in [4.78, 5) is 27.0. The number of carbonyl (C=O) groups is 2. The fourth-order valence-electron chi connectivity index (χ4n) is 3.41. The van der Waals surface area contributed by atoms with Crippen LogP contribution in [-0.2, 0) is 27.3 Å². The summed E-state index contributed by atoms with van der Waals surface area (Å²) >= 11 is 0. The van der Waals surface area contributed by atoms with Crippen LogP contribution in [0.4, 0.5) is 0 Å². The van der Waals surface area contributed by atoms with Gasteiger partial charge in [0.25, 0.3) is 0 Å². The number of aromatic nitrogens is 2. The van der Waals surface area contributed by atoms with Gasteiger partial charge in [-0.1, -0.05) is 22.4 Å². The SMILES string of the molecule is CCOCC(=O)N1CC(Cc2cccc(OC)c2)(C(=O)NCc2nonc2C)C1. The molecule has 1 aliphatic heterocycles. The lowest BCUT2D eigenvalue weighted by Gasteiger charge is -2.49. The molecule has 0 unspecified atom stereocenters. The average Bonchev–Trinajstić information content (AvgIpc) is 3.11. The molecule has 9 heteroatoms. The van der Waals surface area contributed by atoms with Gasteiger partial charge in [0.05, 0.1) is 19.1 Å². The first-order chi connectivity index (χ1) is 14.0. The summed E-state index contributed by atoms with van der Waals surface area (Å²) in [5, 5.41) is 10.4. The first-order valence-electron chi connectivity index (χ1n) is 9.52. The zero-order valence-electron chi connectivity index (χ0n) is 16.9. The average molecular weight is 402 g/mol. The molecule has 0 spiro atoms. The van der Waals surface area contributed by atoms with Crippen LogP contribution in [0.25, 0.3) is 0 Å². The lowest BCUT2D eigenvalue weighted by Crippen LogP contribution is -2.66. The van der Waals surface area contributed by atoms with Crippen molar-refractivity contribution in [1.29, 1.82) is 0 Å². The van der Waals surface area contributed by atoms with E-state index in [-0.39, 0.29) is 25.0 Å². The number of nitrogens with zero attached hydrogens (tertiary/aromatic N) is 3. The van der Waals surface area contributed by atoms with Gasteiger partial charge in [-0.3, -0.25) is 9.59 Å². The molecule has 1 aromatic heterocycles. The Hall–Kier alpha value is -2.94. The highest BCUT2D eigenvalue weighted by Crippen LogP contribution is 2.35. The second-order valence-electron chi connectivity index (χ2n) is 7.17. The summed E-state index contributed by atoms with van der Waals surface area (Å²) in [5.74, 6) is 0.478. The topological polar surface area (TPSA) is 107 Å². The Morgan fingerprint density at radius 2 is 2.10 bits per heavy atom. The molecule has 2 aromatic rings. The Morgan fingerprint density at radius 3 is 2.76 bits per heavy atom. The van der Waals surface area contributed by atoms with Crippen LogP contribution in [0, 0.1) is 12.3 Å². The highest BCUT2D eigenvalue weighted by molar-refractivity contribution is 5.88. The Labute approximate surface area is 169 Å². The normalized spacial score (nSPS) is 14.9. The van der Waals surface area contributed by atoms with Gasteiger partial charge in [-0.05, 0) is 38.0 Å². The van der Waals surface area contributed by atoms with Crippen LogP contribution in [0.15, 0.2) is 28.9 Å². The van der Waals surface area contributed by atoms with Crippen molar-refractivity contribution in [2.24, 2.45) is 5.41 Å². The number of likely N-dealkylation sites (tertiary alicyclic amines) is 1. The van der Waals surface area contributed by atoms with E-state index in [1.165, 1.54) is 0 Å². The first kappa shape index (κ1) is 20.8. The van der Waals surface area contributed by atoms with Gasteiger partial charge in [-0.25, -0.2) is 4.63 Å². The molecule has 1 aliphatic rings. The Morgan fingerprint density at radius 1 is 1.31 bits per heavy atom. The molecule has 1 aromatic carbocycles. The summed E-state index contributed by atoms with van der Waals surface area (Å²) in [7, 11) is 1.60. The Bertz CT molecular complexity index is 860. The Kier molecular flexibility index (Phi) is 6.48. The summed E-state index contributed by atoms with van der Waals surface area (Å²) in [5.41, 5.74) is 1.46. The van der Waals surface area contributed by atoms with Gasteiger partial charge in [-0.15, -0.1) is 0 Å². The number of aryl methyl sites for hydroxylation is 1. The number of methoxy groups -OCH3 is 1. The molecule has 0 radical (unpaired) electrons. The molecule has 1 fully saturated rings. The second kappa shape index (κ2) is 9.04. The number of hydrogen-bond donors (Lipinski definition) is 1. The lowest BCUT2D eigenvalue weighted by molar-refractivity contribution is -0.156. The number of rotatable bonds is 9. The van der Waals surface area contributed by atoms with Gasteiger partial charge < -0.3 is 19.7 Å². The van der Waals surface area contributed by atoms with E-state index in [9.17, 15) is 9.59 Å². The predicted octanol–water partition coefficient (Wildman–Crippen LogP) is 1.11. The van der Waals surface area contributed by atoms with Crippen LogP contribution >= 0.6 is 0 Å². The first-order valence-corrected chi connectivity index (χ1v) is 9.52. The van der Waals surface area contributed by atoms with E-state index in [1.54, 1.807) is 18.9 Å². The van der Waals surface area contributed by atoms with Crippen LogP contribution < -0.4 is 10.1 Å². The van der Waals surface area contributed by atoms with Crippen molar-refractivity contribution >= 4 is 11.8 Å². The molecule has 3 rings (SSSR count). The van der Waals surface area contributed by atoms with E-state index < -0.39 is 5.41 Å². The molecule has 29 heavy (non-hydrogen) atoms. The maximum absolute atomic E-state index is 13.1. The van der Waals surface area contributed by atoms with E-state index in [1.807, 2.05) is 31.2 Å². The van der Waals surface area contributed by atoms with Crippen molar-refractivity contribution in [1.82, 2.24) is 20.5 Å². The number of carbonyl (C=O) groups excluding carboxylic acids is 2. The number of ether oxygens (including phenoxy) is 2. The largest absolute Gasteiger partial charge is 0.497 e. The van der Waals surface area contributed by atoms with Gasteiger partial charge in [0.2, 0.25) is 11.8 Å². The number of nitrogens with one attached hydrogen (secondary N) is 1. The van der Waals surface area contributed by atoms with E-state index >= 15 is 0 Å². The van der Waals surface area contributed by atoms with Crippen LogP contribution in [0.2, 0.25) is 0 Å². The minimum absolute atomic E-state index is 0.0250. The zero-order chi connectivity index (χ0) is 20.9. The molecule has 2 heterocycles. The van der Waals surface area contributed by atoms with E-state index in [0.717, 1.165) is 11.3 Å². The van der Waals surface area contributed by atoms with Crippen molar-refractivity contribution in [2.45, 2.75) is 26.8 Å². The molecule has 0 bridgehead atoms. The highest BCUT2D eigenvalue weighted by atomic mass is 16.6. The minimum Gasteiger partial charge on any atom is -0.497 e. The fourth-order valence-corrected chi connectivity index (χ4v) is 3.41. The predicted molar refractivity (Wildman–Crippen MR) is 103 cm³/mol. The molecule has 1 N–H and O–H groups in total. The highest BCUT2D eigenvalue weighted by Gasteiger charge is 2.50. The van der Waals surface area contributed by atoms with Crippen molar-refractivity contribution in [3.8, 4) is 5.75 Å². The standard InChI is InChI=1S/C20H26N4O5/c1-4-28-11-18(25)24-12-20(13-24,9-15-6-5-7-16(8-15)27-3)19(26)21-10-17-14(2)22-29-23-17/h5-8H,4,9-13H2,1-3H3,(H,21,26). The molecular weight excluding hydrogens is 376 g/mol. The third kappa shape index (κ3) is 4.73. The molecule has 0 aliphatic carbocycles. The summed E-state index contributed by atoms with van der Waals surface area (Å²) in [6, 6.07) is 7.61. The molecule has 2 amide bonds. The van der Waals surface area contributed by atoms with Crippen LogP contribution in [0.1, 0.15) is 23.9 Å². The number of hydrogen-bond acceptors (Lipinski definition) is 7. The quantitative estimate of drug-likeness (QED) is 0.669. The molecule has 1 saturated heterocycles. The number of amides is 2. The van der Waals surface area contributed by atoms with Crippen LogP contribution in [0.3, 0.4) is 0 Å². The van der Waals surface area contributed by atoms with Gasteiger partial charge in [0, 0.05) is 19.7 Å². The van der Waals surface area contributed by atoms with Crippen molar-refractivity contribution in [3.63, 3.8) is 0 Å². The third-order valence-electron chi connectivity index (χ3n) is 5.09. The maximum Gasteiger partial charge on any atom is 0.248 e. The maximum atomic E-state index is 13.1. The zero-order valence-corrected chi connectivity index (χ0v) is 16.9. The summed E-state index contributed by atoms with van der Waals surface area (Å²) in [6.07, 6.45) is 0.491. The van der Waals surface area contributed by atoms with Crippen molar-refractivity contribution < 1.29 is 23.7 Å². The van der Waals surface area contributed by atoms with Crippen molar-refractivity contribution in [3.05, 3.63) is 41.2 Å². The Balaban J connectivity index is 1.72. The smallest absolute Gasteiger partial charge is 0.248 e. The number of benzene rings is 1. The molecule has 0 atom stereocenters. The van der Waals surface area contributed by atoms with Gasteiger partial charge >= 0.3 is 0 Å². The van der Waals surface area contributed by atoms with Gasteiger partial charge in [0.1, 0.15) is 23.7 Å². The minimum atomic E-state index is -0.723. The lowest BCUT2D eigenvalue weighted by atomic mass is 9.73. The van der Waals surface area contributed by atoms with Crippen LogP contribution in [-0.4, -0.2) is 60.4 Å². The molecule has 156 valence electrons. The molecule has 9 nitrogen and oxygen atoms in total. The summed E-state index contributed by atoms with van der Waals surface area (Å²) in [6.45, 7) is 4.99. The summed E-state index contributed by atoms with van der Waals surface area (Å²) < 4.78 is 15.2. The van der Waals surface area contributed by atoms with E-state index in [0.29, 0.717) is 37.5 Å². The second-order valence-corrected chi connectivity index (χ2v) is 7.17. The van der Waals surface area contributed by atoms with E-state index in [4.69, 9.17) is 9.47 Å². The van der Waals surface area contributed by atoms with Crippen molar-refractivity contribution in [2.75, 3.05) is 33.4 Å². The fraction of sp³-hybridized carbons (Fsp3) is 0.500. The molecular formula is C20H26N4O5. The van der Waals surface area contributed by atoms with Gasteiger partial charge in [0.15, 0.2) is 0 Å². The molecule has 0 saturated carbocycles.